The van der Waals surface area contributed by atoms with Gasteiger partial charge in [-0.05, 0) is 32.9 Å². The highest BCUT2D eigenvalue weighted by Crippen LogP contribution is 2.20. The van der Waals surface area contributed by atoms with Crippen molar-refractivity contribution in [1.82, 2.24) is 10.0 Å². The Balaban J connectivity index is 2.91. The van der Waals surface area contributed by atoms with Gasteiger partial charge >= 0.3 is 0 Å². The molecule has 0 aromatic heterocycles. The van der Waals surface area contributed by atoms with E-state index in [1.807, 2.05) is 4.72 Å². The third-order valence-corrected chi connectivity index (χ3v) is 3.64. The van der Waals surface area contributed by atoms with Gasteiger partial charge < -0.3 is 11.1 Å². The van der Waals surface area contributed by atoms with Gasteiger partial charge in [0.25, 0.3) is 0 Å². The van der Waals surface area contributed by atoms with Gasteiger partial charge in [0.05, 0.1) is 6.54 Å². The Morgan fingerprint density at radius 3 is 2.38 bits per heavy atom. The number of amides is 1. The summed E-state index contributed by atoms with van der Waals surface area (Å²) in [5.74, 6) is -3.53. The molecule has 9 heteroatoms. The Morgan fingerprint density at radius 1 is 1.29 bits per heavy atom. The Morgan fingerprint density at radius 2 is 1.86 bits per heavy atom. The van der Waals surface area contributed by atoms with Crippen LogP contribution in [0.2, 0.25) is 0 Å². The molecule has 0 saturated heterocycles. The first-order chi connectivity index (χ1) is 9.42. The van der Waals surface area contributed by atoms with Gasteiger partial charge in [-0.1, -0.05) is 0 Å². The Bertz CT molecular complexity index is 654. The fourth-order valence-electron chi connectivity index (χ4n) is 1.48. The molecule has 1 aromatic rings. The summed E-state index contributed by atoms with van der Waals surface area (Å²) in [7, 11) is -4.39. The number of sulfonamides is 1. The molecule has 0 unspecified atom stereocenters. The zero-order chi connectivity index (χ0) is 16.4. The number of rotatable bonds is 4. The molecule has 1 amide bonds. The number of hydrogen-bond donors (Lipinski definition) is 3. The lowest BCUT2D eigenvalue weighted by Crippen LogP contribution is -2.45. The smallest absolute Gasteiger partial charge is 0.244 e. The molecule has 4 N–H and O–H groups in total. The van der Waals surface area contributed by atoms with Crippen LogP contribution in [0.15, 0.2) is 17.0 Å². The molecule has 6 nitrogen and oxygen atoms in total. The van der Waals surface area contributed by atoms with Gasteiger partial charge in [-0.25, -0.2) is 21.9 Å². The van der Waals surface area contributed by atoms with Crippen LogP contribution in [-0.2, 0) is 14.8 Å². The second-order valence-electron chi connectivity index (χ2n) is 5.44. The summed E-state index contributed by atoms with van der Waals surface area (Å²) in [6.07, 6.45) is 0. The minimum atomic E-state index is -4.39. The Labute approximate surface area is 121 Å². The average molecular weight is 321 g/mol. The number of benzene rings is 1. The summed E-state index contributed by atoms with van der Waals surface area (Å²) in [5, 5.41) is 2.52. The van der Waals surface area contributed by atoms with Gasteiger partial charge in [-0.2, -0.15) is 0 Å². The van der Waals surface area contributed by atoms with Crippen molar-refractivity contribution in [2.45, 2.75) is 31.2 Å². The maximum Gasteiger partial charge on any atom is 0.244 e. The summed E-state index contributed by atoms with van der Waals surface area (Å²) in [5.41, 5.74) is 4.50. The maximum atomic E-state index is 13.5. The van der Waals surface area contributed by atoms with Gasteiger partial charge in [0.2, 0.25) is 15.9 Å². The molecule has 0 spiro atoms. The largest absolute Gasteiger partial charge is 0.399 e. The number of halogens is 2. The third kappa shape index (κ3) is 4.94. The molecule has 0 radical (unpaired) electrons. The molecular formula is C12H17F2N3O3S. The second-order valence-corrected chi connectivity index (χ2v) is 7.17. The second kappa shape index (κ2) is 5.94. The van der Waals surface area contributed by atoms with Crippen LogP contribution in [0.5, 0.6) is 0 Å². The van der Waals surface area contributed by atoms with Gasteiger partial charge in [0.1, 0.15) is 4.90 Å². The van der Waals surface area contributed by atoms with E-state index < -0.39 is 44.5 Å². The third-order valence-electron chi connectivity index (χ3n) is 2.24. The lowest BCUT2D eigenvalue weighted by molar-refractivity contribution is -0.121. The molecule has 1 rings (SSSR count). The van der Waals surface area contributed by atoms with Crippen LogP contribution in [-0.4, -0.2) is 26.4 Å². The highest BCUT2D eigenvalue weighted by Gasteiger charge is 2.24. The molecule has 0 fully saturated rings. The van der Waals surface area contributed by atoms with Crippen molar-refractivity contribution in [2.75, 3.05) is 12.3 Å². The number of nitrogens with one attached hydrogen (secondary N) is 2. The van der Waals surface area contributed by atoms with E-state index in [9.17, 15) is 22.0 Å². The summed E-state index contributed by atoms with van der Waals surface area (Å²) >= 11 is 0. The number of carbonyl (C=O) groups excluding carboxylic acids is 1. The monoisotopic (exact) mass is 321 g/mol. The highest BCUT2D eigenvalue weighted by molar-refractivity contribution is 7.89. The minimum Gasteiger partial charge on any atom is -0.399 e. The number of hydrogen-bond acceptors (Lipinski definition) is 4. The van der Waals surface area contributed by atoms with E-state index in [1.165, 1.54) is 0 Å². The van der Waals surface area contributed by atoms with Crippen molar-refractivity contribution in [3.63, 3.8) is 0 Å². The summed E-state index contributed by atoms with van der Waals surface area (Å²) in [4.78, 5) is 10.6. The van der Waals surface area contributed by atoms with Crippen LogP contribution < -0.4 is 15.8 Å². The van der Waals surface area contributed by atoms with Crippen molar-refractivity contribution in [2.24, 2.45) is 0 Å². The first-order valence-electron chi connectivity index (χ1n) is 5.97. The fraction of sp³-hybridized carbons (Fsp3) is 0.417. The Hall–Kier alpha value is -1.74. The molecule has 0 aliphatic heterocycles. The van der Waals surface area contributed by atoms with E-state index in [0.717, 1.165) is 6.07 Å². The standard InChI is InChI=1S/C12H17F2N3O3S/c1-12(2,3)17-10(18)6-16-21(19,20)9-5-7(15)4-8(13)11(9)14/h4-5,16H,6,15H2,1-3H3,(H,17,18). The fourth-order valence-corrected chi connectivity index (χ4v) is 2.58. The summed E-state index contributed by atoms with van der Waals surface area (Å²) in [6, 6.07) is 1.45. The number of anilines is 1. The van der Waals surface area contributed by atoms with Gasteiger partial charge in [0.15, 0.2) is 11.6 Å². The molecule has 0 aliphatic carbocycles. The van der Waals surface area contributed by atoms with E-state index in [1.54, 1.807) is 20.8 Å². The predicted octanol–water partition coefficient (Wildman–Crippen LogP) is 0.740. The van der Waals surface area contributed by atoms with E-state index in [2.05, 4.69) is 5.32 Å². The zero-order valence-electron chi connectivity index (χ0n) is 11.8. The van der Waals surface area contributed by atoms with Crippen molar-refractivity contribution in [3.8, 4) is 0 Å². The molecular weight excluding hydrogens is 304 g/mol. The van der Waals surface area contributed by atoms with E-state index in [0.29, 0.717) is 6.07 Å². The predicted molar refractivity (Wildman–Crippen MR) is 73.9 cm³/mol. The van der Waals surface area contributed by atoms with Crippen LogP contribution in [0, 0.1) is 11.6 Å². The quantitative estimate of drug-likeness (QED) is 0.712. The molecule has 0 bridgehead atoms. The highest BCUT2D eigenvalue weighted by atomic mass is 32.2. The molecule has 0 aliphatic rings. The maximum absolute atomic E-state index is 13.5. The van der Waals surface area contributed by atoms with Crippen molar-refractivity contribution >= 4 is 21.6 Å². The topological polar surface area (TPSA) is 101 Å². The first kappa shape index (κ1) is 17.3. The molecule has 118 valence electrons. The molecule has 0 heterocycles. The van der Waals surface area contributed by atoms with Crippen LogP contribution in [0.3, 0.4) is 0 Å². The van der Waals surface area contributed by atoms with E-state index in [-0.39, 0.29) is 5.69 Å². The Kier molecular flexibility index (Phi) is 4.90. The van der Waals surface area contributed by atoms with Crippen molar-refractivity contribution < 1.29 is 22.0 Å². The van der Waals surface area contributed by atoms with E-state index >= 15 is 0 Å². The van der Waals surface area contributed by atoms with Gasteiger partial charge in [-0.15, -0.1) is 0 Å². The molecule has 1 aromatic carbocycles. The molecule has 0 saturated carbocycles. The van der Waals surface area contributed by atoms with Crippen molar-refractivity contribution in [3.05, 3.63) is 23.8 Å². The van der Waals surface area contributed by atoms with Crippen LogP contribution in [0.4, 0.5) is 14.5 Å². The number of nitrogens with two attached hydrogens (primary N) is 1. The zero-order valence-corrected chi connectivity index (χ0v) is 12.6. The van der Waals surface area contributed by atoms with E-state index in [4.69, 9.17) is 5.73 Å². The summed E-state index contributed by atoms with van der Waals surface area (Å²) < 4.78 is 52.3. The van der Waals surface area contributed by atoms with Gasteiger partial charge in [-0.3, -0.25) is 4.79 Å². The van der Waals surface area contributed by atoms with Crippen LogP contribution in [0.1, 0.15) is 20.8 Å². The SMILES string of the molecule is CC(C)(C)NC(=O)CNS(=O)(=O)c1cc(N)cc(F)c1F. The lowest BCUT2D eigenvalue weighted by atomic mass is 10.1. The normalized spacial score (nSPS) is 12.2. The van der Waals surface area contributed by atoms with Crippen molar-refractivity contribution in [1.29, 1.82) is 0 Å². The van der Waals surface area contributed by atoms with Crippen LogP contribution in [0.25, 0.3) is 0 Å². The number of carbonyl (C=O) groups is 1. The molecule has 21 heavy (non-hydrogen) atoms. The summed E-state index contributed by atoms with van der Waals surface area (Å²) in [6.45, 7) is 4.54. The average Bonchev–Trinajstić information content (AvgIpc) is 2.29. The number of nitrogen functional groups attached to an aromatic ring is 1. The lowest BCUT2D eigenvalue weighted by Gasteiger charge is -2.20. The minimum absolute atomic E-state index is 0.242. The van der Waals surface area contributed by atoms with Crippen LogP contribution >= 0.6 is 0 Å². The first-order valence-corrected chi connectivity index (χ1v) is 7.46. The van der Waals surface area contributed by atoms with Gasteiger partial charge in [0, 0.05) is 11.2 Å². The molecule has 0 atom stereocenters.